The van der Waals surface area contributed by atoms with Crippen molar-refractivity contribution in [2.24, 2.45) is 0 Å². The van der Waals surface area contributed by atoms with Gasteiger partial charge in [-0.25, -0.2) is 4.79 Å². The molecule has 0 aromatic rings. The first kappa shape index (κ1) is 19.2. The first-order valence-electron chi connectivity index (χ1n) is 6.18. The van der Waals surface area contributed by atoms with Crippen LogP contribution in [0.4, 0.5) is 18.0 Å². The molecule has 1 atom stereocenters. The zero-order valence-corrected chi connectivity index (χ0v) is 11.7. The molecule has 7 nitrogen and oxygen atoms in total. The zero-order chi connectivity index (χ0) is 16.6. The summed E-state index contributed by atoms with van der Waals surface area (Å²) in [6.45, 7) is 1.46. The SMILES string of the molecule is CCCN(CC(=O)O)C(C)C(=O)NC(=O)NCC(F)(F)F. The lowest BCUT2D eigenvalue weighted by Gasteiger charge is -2.25. The van der Waals surface area contributed by atoms with Crippen LogP contribution in [0.1, 0.15) is 20.3 Å². The van der Waals surface area contributed by atoms with E-state index in [1.807, 2.05) is 0 Å². The van der Waals surface area contributed by atoms with Gasteiger partial charge in [-0.3, -0.25) is 19.8 Å². The Morgan fingerprint density at radius 3 is 2.29 bits per heavy atom. The summed E-state index contributed by atoms with van der Waals surface area (Å²) in [5.41, 5.74) is 0. The molecular weight excluding hydrogens is 295 g/mol. The van der Waals surface area contributed by atoms with Crippen LogP contribution in [-0.2, 0) is 9.59 Å². The minimum Gasteiger partial charge on any atom is -0.480 e. The molecule has 0 spiro atoms. The molecule has 10 heteroatoms. The molecule has 0 aromatic carbocycles. The summed E-state index contributed by atoms with van der Waals surface area (Å²) in [5, 5.41) is 11.9. The van der Waals surface area contributed by atoms with Crippen LogP contribution in [-0.4, -0.2) is 59.8 Å². The molecular formula is C11H18F3N3O4. The number of carbonyl (C=O) groups is 3. The van der Waals surface area contributed by atoms with Gasteiger partial charge in [-0.05, 0) is 19.9 Å². The minimum absolute atomic E-state index is 0.297. The summed E-state index contributed by atoms with van der Waals surface area (Å²) in [4.78, 5) is 34.8. The number of carboxylic acid groups (broad SMARTS) is 1. The third-order valence-electron chi connectivity index (χ3n) is 2.46. The largest absolute Gasteiger partial charge is 0.480 e. The van der Waals surface area contributed by atoms with E-state index in [2.05, 4.69) is 0 Å². The van der Waals surface area contributed by atoms with E-state index < -0.39 is 43.2 Å². The van der Waals surface area contributed by atoms with Gasteiger partial charge in [0.1, 0.15) is 6.54 Å². The van der Waals surface area contributed by atoms with E-state index in [1.165, 1.54) is 17.1 Å². The van der Waals surface area contributed by atoms with Gasteiger partial charge in [0.2, 0.25) is 5.91 Å². The highest BCUT2D eigenvalue weighted by Crippen LogP contribution is 2.11. The topological polar surface area (TPSA) is 98.7 Å². The van der Waals surface area contributed by atoms with E-state index in [-0.39, 0.29) is 0 Å². The monoisotopic (exact) mass is 313 g/mol. The lowest BCUT2D eigenvalue weighted by molar-refractivity contribution is -0.139. The molecule has 0 aliphatic carbocycles. The van der Waals surface area contributed by atoms with Gasteiger partial charge in [0.15, 0.2) is 0 Å². The Bertz CT molecular complexity index is 387. The maximum Gasteiger partial charge on any atom is 0.405 e. The Labute approximate surface area is 119 Å². The second-order valence-corrected chi connectivity index (χ2v) is 4.33. The first-order valence-corrected chi connectivity index (χ1v) is 6.18. The molecule has 122 valence electrons. The number of carboxylic acids is 1. The minimum atomic E-state index is -4.58. The number of nitrogens with zero attached hydrogens (tertiary/aromatic N) is 1. The number of aliphatic carboxylic acids is 1. The van der Waals surface area contributed by atoms with E-state index in [0.29, 0.717) is 13.0 Å². The molecule has 0 saturated carbocycles. The molecule has 0 aliphatic heterocycles. The quantitative estimate of drug-likeness (QED) is 0.638. The molecule has 0 saturated heterocycles. The van der Waals surface area contributed by atoms with Crippen LogP contribution in [0.2, 0.25) is 0 Å². The Morgan fingerprint density at radius 1 is 1.29 bits per heavy atom. The predicted molar refractivity (Wildman–Crippen MR) is 66.6 cm³/mol. The number of amides is 3. The summed E-state index contributed by atoms with van der Waals surface area (Å²) in [6.07, 6.45) is -4.01. The highest BCUT2D eigenvalue weighted by atomic mass is 19.4. The number of imide groups is 1. The van der Waals surface area contributed by atoms with Gasteiger partial charge in [0.25, 0.3) is 0 Å². The molecule has 3 N–H and O–H groups in total. The van der Waals surface area contributed by atoms with E-state index in [0.717, 1.165) is 0 Å². The number of nitrogens with one attached hydrogen (secondary N) is 2. The van der Waals surface area contributed by atoms with Crippen molar-refractivity contribution in [3.05, 3.63) is 0 Å². The van der Waals surface area contributed by atoms with Crippen molar-refractivity contribution in [3.8, 4) is 0 Å². The smallest absolute Gasteiger partial charge is 0.405 e. The maximum atomic E-state index is 11.9. The number of alkyl halides is 3. The molecule has 3 amide bonds. The highest BCUT2D eigenvalue weighted by molar-refractivity contribution is 5.96. The van der Waals surface area contributed by atoms with Gasteiger partial charge in [0, 0.05) is 0 Å². The van der Waals surface area contributed by atoms with E-state index in [1.54, 1.807) is 12.2 Å². The molecule has 0 fully saturated rings. The lowest BCUT2D eigenvalue weighted by atomic mass is 10.2. The molecule has 0 bridgehead atoms. The molecule has 0 aromatic heterocycles. The fourth-order valence-electron chi connectivity index (χ4n) is 1.48. The normalized spacial score (nSPS) is 12.9. The van der Waals surface area contributed by atoms with Gasteiger partial charge in [-0.15, -0.1) is 0 Å². The Balaban J connectivity index is 4.46. The molecule has 0 aliphatic rings. The lowest BCUT2D eigenvalue weighted by Crippen LogP contribution is -2.51. The van der Waals surface area contributed by atoms with E-state index in [9.17, 15) is 27.6 Å². The number of rotatable bonds is 7. The Kier molecular flexibility index (Phi) is 7.71. The van der Waals surface area contributed by atoms with Crippen molar-refractivity contribution >= 4 is 17.9 Å². The second-order valence-electron chi connectivity index (χ2n) is 4.33. The number of carbonyl (C=O) groups excluding carboxylic acids is 2. The van der Waals surface area contributed by atoms with Crippen LogP contribution in [0.5, 0.6) is 0 Å². The van der Waals surface area contributed by atoms with Crippen LogP contribution in [0, 0.1) is 0 Å². The summed E-state index contributed by atoms with van der Waals surface area (Å²) >= 11 is 0. The number of halogens is 3. The van der Waals surface area contributed by atoms with Crippen molar-refractivity contribution in [1.82, 2.24) is 15.5 Å². The van der Waals surface area contributed by atoms with E-state index >= 15 is 0 Å². The van der Waals surface area contributed by atoms with Crippen LogP contribution < -0.4 is 10.6 Å². The second kappa shape index (κ2) is 8.45. The predicted octanol–water partition coefficient (Wildman–Crippen LogP) is 0.560. The Morgan fingerprint density at radius 2 is 1.86 bits per heavy atom. The molecule has 21 heavy (non-hydrogen) atoms. The number of urea groups is 1. The number of hydrogen-bond acceptors (Lipinski definition) is 4. The third-order valence-corrected chi connectivity index (χ3v) is 2.46. The van der Waals surface area contributed by atoms with Crippen molar-refractivity contribution in [2.75, 3.05) is 19.6 Å². The van der Waals surface area contributed by atoms with Gasteiger partial charge >= 0.3 is 18.2 Å². The van der Waals surface area contributed by atoms with Crippen molar-refractivity contribution in [2.45, 2.75) is 32.5 Å². The van der Waals surface area contributed by atoms with Crippen LogP contribution in [0.3, 0.4) is 0 Å². The van der Waals surface area contributed by atoms with Gasteiger partial charge < -0.3 is 10.4 Å². The third kappa shape index (κ3) is 8.84. The zero-order valence-electron chi connectivity index (χ0n) is 11.7. The average Bonchev–Trinajstić information content (AvgIpc) is 2.33. The molecule has 0 rings (SSSR count). The van der Waals surface area contributed by atoms with Crippen LogP contribution in [0.15, 0.2) is 0 Å². The summed E-state index contributed by atoms with van der Waals surface area (Å²) in [6, 6.07) is -2.24. The van der Waals surface area contributed by atoms with E-state index in [4.69, 9.17) is 5.11 Å². The first-order chi connectivity index (χ1) is 9.56. The summed E-state index contributed by atoms with van der Waals surface area (Å²) < 4.78 is 35.6. The summed E-state index contributed by atoms with van der Waals surface area (Å²) in [7, 11) is 0. The van der Waals surface area contributed by atoms with Gasteiger partial charge in [-0.2, -0.15) is 13.2 Å². The van der Waals surface area contributed by atoms with Crippen molar-refractivity contribution in [3.63, 3.8) is 0 Å². The number of hydrogen-bond donors (Lipinski definition) is 3. The molecule has 0 radical (unpaired) electrons. The fraction of sp³-hybridized carbons (Fsp3) is 0.727. The molecule has 1 unspecified atom stereocenters. The fourth-order valence-corrected chi connectivity index (χ4v) is 1.48. The van der Waals surface area contributed by atoms with Crippen LogP contribution >= 0.6 is 0 Å². The van der Waals surface area contributed by atoms with Gasteiger partial charge in [-0.1, -0.05) is 6.92 Å². The van der Waals surface area contributed by atoms with Gasteiger partial charge in [0.05, 0.1) is 12.6 Å². The Hall–Kier alpha value is -1.84. The van der Waals surface area contributed by atoms with Crippen molar-refractivity contribution in [1.29, 1.82) is 0 Å². The highest BCUT2D eigenvalue weighted by Gasteiger charge is 2.29. The molecule has 0 heterocycles. The maximum absolute atomic E-state index is 11.9. The standard InChI is InChI=1S/C11H18F3N3O4/c1-3-4-17(5-8(18)19)7(2)9(20)16-10(21)15-6-11(12,13)14/h7H,3-6H2,1-2H3,(H,18,19)(H2,15,16,20,21). The summed E-state index contributed by atoms with van der Waals surface area (Å²) in [5.74, 6) is -2.02. The van der Waals surface area contributed by atoms with Crippen LogP contribution in [0.25, 0.3) is 0 Å². The average molecular weight is 313 g/mol. The van der Waals surface area contributed by atoms with Crippen molar-refractivity contribution < 1.29 is 32.7 Å².